The minimum Gasteiger partial charge on any atom is -0.480 e. The number of carboxylic acids is 1. The van der Waals surface area contributed by atoms with Crippen LogP contribution in [-0.2, 0) is 4.79 Å². The lowest BCUT2D eigenvalue weighted by molar-refractivity contribution is -0.139. The van der Waals surface area contributed by atoms with Crippen molar-refractivity contribution in [1.82, 2.24) is 0 Å². The van der Waals surface area contributed by atoms with Crippen LogP contribution in [0.25, 0.3) is 11.0 Å². The first-order valence-electron chi connectivity index (χ1n) is 4.81. The molecular weight excluding hydrogens is 208 g/mol. The van der Waals surface area contributed by atoms with Crippen molar-refractivity contribution in [1.29, 1.82) is 0 Å². The van der Waals surface area contributed by atoms with Crippen LogP contribution in [0.15, 0.2) is 34.9 Å². The van der Waals surface area contributed by atoms with Gasteiger partial charge in [-0.15, -0.1) is 0 Å². The molecule has 0 saturated heterocycles. The van der Waals surface area contributed by atoms with Crippen molar-refractivity contribution in [2.45, 2.75) is 12.1 Å². The highest BCUT2D eigenvalue weighted by Crippen LogP contribution is 2.26. The average Bonchev–Trinajstić information content (AvgIpc) is 2.70. The highest BCUT2D eigenvalue weighted by atomic mass is 16.4. The normalized spacial score (nSPS) is 14.9. The van der Waals surface area contributed by atoms with Gasteiger partial charge in [-0.2, -0.15) is 0 Å². The van der Waals surface area contributed by atoms with Crippen molar-refractivity contribution in [2.24, 2.45) is 11.5 Å². The Kier molecular flexibility index (Phi) is 2.64. The number of nitrogens with two attached hydrogens (primary N) is 2. The summed E-state index contributed by atoms with van der Waals surface area (Å²) < 4.78 is 5.27. The number of furan rings is 1. The molecule has 1 aromatic carbocycles. The Hall–Kier alpha value is -1.85. The van der Waals surface area contributed by atoms with Gasteiger partial charge in [0.25, 0.3) is 0 Å². The van der Waals surface area contributed by atoms with E-state index in [0.29, 0.717) is 11.1 Å². The van der Waals surface area contributed by atoms with Gasteiger partial charge < -0.3 is 21.0 Å². The molecule has 0 aliphatic carbocycles. The van der Waals surface area contributed by atoms with Crippen LogP contribution in [0.1, 0.15) is 11.6 Å². The fraction of sp³-hybridized carbons (Fsp3) is 0.182. The number of carbonyl (C=O) groups is 1. The molecule has 0 fully saturated rings. The van der Waals surface area contributed by atoms with Crippen molar-refractivity contribution in [2.75, 3.05) is 0 Å². The molecule has 0 amide bonds. The van der Waals surface area contributed by atoms with E-state index in [0.717, 1.165) is 5.39 Å². The quantitative estimate of drug-likeness (QED) is 0.711. The molecule has 2 aromatic rings. The Morgan fingerprint density at radius 3 is 2.69 bits per heavy atom. The summed E-state index contributed by atoms with van der Waals surface area (Å²) >= 11 is 0. The Morgan fingerprint density at radius 1 is 1.31 bits per heavy atom. The molecule has 84 valence electrons. The Balaban J connectivity index is 2.44. The van der Waals surface area contributed by atoms with E-state index in [4.69, 9.17) is 21.0 Å². The lowest BCUT2D eigenvalue weighted by Crippen LogP contribution is -2.40. The number of hydrogen-bond acceptors (Lipinski definition) is 4. The van der Waals surface area contributed by atoms with Crippen molar-refractivity contribution >= 4 is 16.9 Å². The zero-order chi connectivity index (χ0) is 11.7. The zero-order valence-electron chi connectivity index (χ0n) is 8.46. The van der Waals surface area contributed by atoms with Crippen LogP contribution in [0, 0.1) is 0 Å². The highest BCUT2D eigenvalue weighted by Gasteiger charge is 2.24. The molecule has 5 N–H and O–H groups in total. The number of benzene rings is 1. The van der Waals surface area contributed by atoms with E-state index in [-0.39, 0.29) is 0 Å². The van der Waals surface area contributed by atoms with Gasteiger partial charge in [-0.3, -0.25) is 4.79 Å². The third-order valence-electron chi connectivity index (χ3n) is 2.54. The van der Waals surface area contributed by atoms with E-state index in [1.165, 1.54) is 6.26 Å². The van der Waals surface area contributed by atoms with Gasteiger partial charge in [0.1, 0.15) is 11.6 Å². The maximum absolute atomic E-state index is 10.7. The first-order chi connectivity index (χ1) is 7.61. The number of aliphatic carboxylic acids is 1. The lowest BCUT2D eigenvalue weighted by Gasteiger charge is -2.14. The Bertz CT molecular complexity index is 521. The molecule has 0 saturated carbocycles. The van der Waals surface area contributed by atoms with Crippen LogP contribution in [0.3, 0.4) is 0 Å². The maximum atomic E-state index is 10.7. The molecule has 2 unspecified atom stereocenters. The second-order valence-corrected chi connectivity index (χ2v) is 3.58. The van der Waals surface area contributed by atoms with E-state index in [2.05, 4.69) is 0 Å². The number of hydrogen-bond donors (Lipinski definition) is 3. The molecule has 5 nitrogen and oxygen atoms in total. The van der Waals surface area contributed by atoms with E-state index in [1.54, 1.807) is 6.07 Å². The summed E-state index contributed by atoms with van der Waals surface area (Å²) in [5.74, 6) is -1.13. The molecule has 2 atom stereocenters. The molecule has 0 spiro atoms. The monoisotopic (exact) mass is 220 g/mol. The van der Waals surface area contributed by atoms with Crippen molar-refractivity contribution in [3.05, 3.63) is 36.1 Å². The van der Waals surface area contributed by atoms with Gasteiger partial charge in [-0.05, 0) is 6.07 Å². The van der Waals surface area contributed by atoms with Crippen LogP contribution >= 0.6 is 0 Å². The minimum absolute atomic E-state index is 0.616. The van der Waals surface area contributed by atoms with Gasteiger partial charge in [0.2, 0.25) is 0 Å². The third-order valence-corrected chi connectivity index (χ3v) is 2.54. The van der Waals surface area contributed by atoms with Crippen molar-refractivity contribution in [3.63, 3.8) is 0 Å². The van der Waals surface area contributed by atoms with Crippen LogP contribution < -0.4 is 11.5 Å². The van der Waals surface area contributed by atoms with Crippen LogP contribution in [0.5, 0.6) is 0 Å². The predicted molar refractivity (Wildman–Crippen MR) is 58.8 cm³/mol. The van der Waals surface area contributed by atoms with E-state index in [1.807, 2.05) is 18.2 Å². The first kappa shape index (κ1) is 10.7. The van der Waals surface area contributed by atoms with Gasteiger partial charge in [-0.1, -0.05) is 18.2 Å². The summed E-state index contributed by atoms with van der Waals surface area (Å²) in [6.45, 7) is 0. The van der Waals surface area contributed by atoms with Crippen molar-refractivity contribution < 1.29 is 14.3 Å². The third kappa shape index (κ3) is 1.66. The highest BCUT2D eigenvalue weighted by molar-refractivity contribution is 5.83. The molecule has 0 radical (unpaired) electrons. The largest absolute Gasteiger partial charge is 0.480 e. The zero-order valence-corrected chi connectivity index (χ0v) is 8.46. The van der Waals surface area contributed by atoms with Gasteiger partial charge in [0.15, 0.2) is 0 Å². The van der Waals surface area contributed by atoms with Crippen LogP contribution in [0.2, 0.25) is 0 Å². The summed E-state index contributed by atoms with van der Waals surface area (Å²) in [5, 5.41) is 9.59. The molecule has 5 heteroatoms. The molecular formula is C11H12N2O3. The van der Waals surface area contributed by atoms with E-state index >= 15 is 0 Å². The molecule has 1 heterocycles. The van der Waals surface area contributed by atoms with Gasteiger partial charge in [-0.25, -0.2) is 0 Å². The summed E-state index contributed by atoms with van der Waals surface area (Å²) in [6.07, 6.45) is 1.46. The topological polar surface area (TPSA) is 102 Å². The Morgan fingerprint density at radius 2 is 2.00 bits per heavy atom. The second-order valence-electron chi connectivity index (χ2n) is 3.58. The summed E-state index contributed by atoms with van der Waals surface area (Å²) in [4.78, 5) is 10.7. The van der Waals surface area contributed by atoms with E-state index < -0.39 is 18.1 Å². The molecule has 2 rings (SSSR count). The number of fused-ring (bicyclic) bond motifs is 1. The lowest BCUT2D eigenvalue weighted by atomic mass is 10.0. The minimum atomic E-state index is -1.14. The summed E-state index contributed by atoms with van der Waals surface area (Å²) in [5.41, 5.74) is 12.5. The van der Waals surface area contributed by atoms with Gasteiger partial charge in [0, 0.05) is 10.9 Å². The average molecular weight is 220 g/mol. The standard InChI is InChI=1S/C11H12N2O3/c12-9(10(13)11(14)15)7-5-16-8-4-2-1-3-6(7)8/h1-5,9-10H,12-13H2,(H,14,15). The fourth-order valence-corrected chi connectivity index (χ4v) is 1.60. The Labute approximate surface area is 91.6 Å². The first-order valence-corrected chi connectivity index (χ1v) is 4.81. The second kappa shape index (κ2) is 3.96. The van der Waals surface area contributed by atoms with Gasteiger partial charge >= 0.3 is 5.97 Å². The number of rotatable bonds is 3. The molecule has 0 bridgehead atoms. The van der Waals surface area contributed by atoms with Crippen LogP contribution in [0.4, 0.5) is 0 Å². The molecule has 16 heavy (non-hydrogen) atoms. The molecule has 0 aliphatic heterocycles. The fourth-order valence-electron chi connectivity index (χ4n) is 1.60. The predicted octanol–water partition coefficient (Wildman–Crippen LogP) is 0.844. The smallest absolute Gasteiger partial charge is 0.322 e. The number of carboxylic acid groups (broad SMARTS) is 1. The van der Waals surface area contributed by atoms with Crippen LogP contribution in [-0.4, -0.2) is 17.1 Å². The molecule has 0 aliphatic rings. The SMILES string of the molecule is NC(C(=O)O)C(N)c1coc2ccccc12. The number of para-hydroxylation sites is 1. The van der Waals surface area contributed by atoms with Gasteiger partial charge in [0.05, 0.1) is 12.3 Å². The maximum Gasteiger partial charge on any atom is 0.322 e. The van der Waals surface area contributed by atoms with E-state index in [9.17, 15) is 4.79 Å². The molecule has 1 aromatic heterocycles. The van der Waals surface area contributed by atoms with Crippen molar-refractivity contribution in [3.8, 4) is 0 Å². The summed E-state index contributed by atoms with van der Waals surface area (Å²) in [6, 6.07) is 5.36. The summed E-state index contributed by atoms with van der Waals surface area (Å²) in [7, 11) is 0.